The number of aryl methyl sites for hydroxylation is 1. The fraction of sp³-hybridized carbons (Fsp3) is 0.0714. The Hall–Kier alpha value is -1.10. The highest BCUT2D eigenvalue weighted by atomic mass is 79.9. The molecule has 2 nitrogen and oxygen atoms in total. The van der Waals surface area contributed by atoms with Gasteiger partial charge in [0, 0.05) is 26.4 Å². The van der Waals surface area contributed by atoms with E-state index in [2.05, 4.69) is 21.2 Å². The summed E-state index contributed by atoms with van der Waals surface area (Å²) in [6.45, 7) is 2.03. The Morgan fingerprint density at radius 3 is 2.53 bits per heavy atom. The molecule has 0 unspecified atom stereocenters. The maximum atomic E-state index is 5.97. The minimum absolute atomic E-state index is 0.319. The summed E-state index contributed by atoms with van der Waals surface area (Å²) in [4.78, 5) is 0.319. The van der Waals surface area contributed by atoms with Crippen molar-refractivity contribution in [1.29, 1.82) is 0 Å². The Labute approximate surface area is 131 Å². The molecule has 2 aromatic rings. The lowest BCUT2D eigenvalue weighted by molar-refractivity contribution is 1.41. The number of hydrogen-bond donors (Lipinski definition) is 2. The fourth-order valence-corrected chi connectivity index (χ4v) is 2.56. The molecule has 3 N–H and O–H groups in total. The third-order valence-corrected chi connectivity index (χ3v) is 3.65. The monoisotopic (exact) mass is 354 g/mol. The highest BCUT2D eigenvalue weighted by Crippen LogP contribution is 2.27. The molecule has 0 bridgehead atoms. The van der Waals surface area contributed by atoms with Gasteiger partial charge in [-0.15, -0.1) is 0 Å². The first-order valence-electron chi connectivity index (χ1n) is 5.60. The molecule has 0 aliphatic carbocycles. The first-order chi connectivity index (χ1) is 8.97. The zero-order valence-corrected chi connectivity index (χ0v) is 13.4. The van der Waals surface area contributed by atoms with Crippen LogP contribution in [0.5, 0.6) is 0 Å². The van der Waals surface area contributed by atoms with Gasteiger partial charge in [-0.2, -0.15) is 0 Å². The molecule has 5 heteroatoms. The first kappa shape index (κ1) is 14.3. The summed E-state index contributed by atoms with van der Waals surface area (Å²) in [6, 6.07) is 11.5. The number of anilines is 2. The van der Waals surface area contributed by atoms with Gasteiger partial charge in [0.15, 0.2) is 0 Å². The van der Waals surface area contributed by atoms with Crippen molar-refractivity contribution in [2.75, 3.05) is 5.32 Å². The number of hydrogen-bond acceptors (Lipinski definition) is 2. The number of nitrogens with one attached hydrogen (secondary N) is 1. The van der Waals surface area contributed by atoms with Crippen molar-refractivity contribution in [2.24, 2.45) is 5.73 Å². The summed E-state index contributed by atoms with van der Waals surface area (Å²) in [7, 11) is 0. The molecule has 0 heterocycles. The van der Waals surface area contributed by atoms with Crippen molar-refractivity contribution >= 4 is 56.1 Å². The molecule has 2 rings (SSSR count). The van der Waals surface area contributed by atoms with E-state index in [-0.39, 0.29) is 0 Å². The van der Waals surface area contributed by atoms with Crippen LogP contribution in [0.1, 0.15) is 11.1 Å². The Kier molecular flexibility index (Phi) is 4.45. The van der Waals surface area contributed by atoms with Gasteiger partial charge in [-0.1, -0.05) is 39.7 Å². The largest absolute Gasteiger partial charge is 0.389 e. The highest BCUT2D eigenvalue weighted by molar-refractivity contribution is 9.10. The highest BCUT2D eigenvalue weighted by Gasteiger charge is 2.08. The van der Waals surface area contributed by atoms with E-state index >= 15 is 0 Å². The lowest BCUT2D eigenvalue weighted by atomic mass is 10.1. The molecule has 0 saturated heterocycles. The maximum absolute atomic E-state index is 5.97. The third-order valence-electron chi connectivity index (χ3n) is 2.70. The van der Waals surface area contributed by atoms with Crippen molar-refractivity contribution in [3.63, 3.8) is 0 Å². The fourth-order valence-electron chi connectivity index (χ4n) is 1.74. The summed E-state index contributed by atoms with van der Waals surface area (Å²) >= 11 is 14.5. The lowest BCUT2D eigenvalue weighted by Gasteiger charge is -2.14. The van der Waals surface area contributed by atoms with E-state index in [1.54, 1.807) is 12.1 Å². The van der Waals surface area contributed by atoms with E-state index in [0.29, 0.717) is 10.0 Å². The Balaban J connectivity index is 2.40. The molecule has 98 valence electrons. The van der Waals surface area contributed by atoms with Crippen molar-refractivity contribution < 1.29 is 0 Å². The van der Waals surface area contributed by atoms with Crippen LogP contribution in [0.4, 0.5) is 11.4 Å². The molecular weight excluding hydrogens is 344 g/mol. The van der Waals surface area contributed by atoms with Crippen molar-refractivity contribution in [3.8, 4) is 0 Å². The van der Waals surface area contributed by atoms with E-state index in [1.165, 1.54) is 0 Å². The zero-order chi connectivity index (χ0) is 14.0. The summed E-state index contributed by atoms with van der Waals surface area (Å²) in [5.74, 6) is 0. The molecule has 0 aliphatic heterocycles. The molecule has 2 aromatic carbocycles. The Morgan fingerprint density at radius 1 is 1.21 bits per heavy atom. The summed E-state index contributed by atoms with van der Waals surface area (Å²) in [6.07, 6.45) is 0. The van der Waals surface area contributed by atoms with Crippen LogP contribution in [0.3, 0.4) is 0 Å². The molecule has 19 heavy (non-hydrogen) atoms. The Morgan fingerprint density at radius 2 is 1.89 bits per heavy atom. The average Bonchev–Trinajstić information content (AvgIpc) is 2.34. The summed E-state index contributed by atoms with van der Waals surface area (Å²) in [5.41, 5.74) is 9.44. The molecule has 0 spiro atoms. The first-order valence-corrected chi connectivity index (χ1v) is 7.18. The number of halogens is 2. The lowest BCUT2D eigenvalue weighted by Crippen LogP contribution is -2.12. The van der Waals surface area contributed by atoms with Crippen LogP contribution in [0.25, 0.3) is 0 Å². The number of thiocarbonyl (C=S) groups is 1. The second-order valence-electron chi connectivity index (χ2n) is 4.14. The summed E-state index contributed by atoms with van der Waals surface area (Å²) < 4.78 is 1.04. The standard InChI is InChI=1S/C14H12BrClN2S/c1-8-6-9(15)2-4-12(8)18-13-5-3-10(16)7-11(13)14(17)19/h2-7,18H,1H3,(H2,17,19). The SMILES string of the molecule is Cc1cc(Br)ccc1Nc1ccc(Cl)cc1C(N)=S. The van der Waals surface area contributed by atoms with Gasteiger partial charge in [0.2, 0.25) is 0 Å². The van der Waals surface area contributed by atoms with Crippen molar-refractivity contribution in [3.05, 3.63) is 57.0 Å². The molecule has 0 aromatic heterocycles. The van der Waals surface area contributed by atoms with E-state index < -0.39 is 0 Å². The molecule has 0 fully saturated rings. The molecule has 0 amide bonds. The summed E-state index contributed by atoms with van der Waals surface area (Å²) in [5, 5.41) is 3.94. The third kappa shape index (κ3) is 3.47. The average molecular weight is 356 g/mol. The van der Waals surface area contributed by atoms with Gasteiger partial charge in [-0.3, -0.25) is 0 Å². The van der Waals surface area contributed by atoms with Crippen LogP contribution in [0.2, 0.25) is 5.02 Å². The van der Waals surface area contributed by atoms with Gasteiger partial charge in [-0.25, -0.2) is 0 Å². The predicted molar refractivity (Wildman–Crippen MR) is 89.5 cm³/mol. The second kappa shape index (κ2) is 5.90. The number of benzene rings is 2. The Bertz CT molecular complexity index is 643. The van der Waals surface area contributed by atoms with Gasteiger partial charge in [0.25, 0.3) is 0 Å². The van der Waals surface area contributed by atoms with Crippen LogP contribution in [-0.2, 0) is 0 Å². The molecule has 0 aliphatic rings. The van der Waals surface area contributed by atoms with Crippen molar-refractivity contribution in [1.82, 2.24) is 0 Å². The predicted octanol–water partition coefficient (Wildman–Crippen LogP) is 4.79. The van der Waals surface area contributed by atoms with Gasteiger partial charge in [0.1, 0.15) is 4.99 Å². The number of nitrogens with two attached hydrogens (primary N) is 1. The molecule has 0 radical (unpaired) electrons. The van der Waals surface area contributed by atoms with Gasteiger partial charge in [-0.05, 0) is 48.9 Å². The molecule has 0 saturated carbocycles. The van der Waals surface area contributed by atoms with E-state index in [1.807, 2.05) is 31.2 Å². The van der Waals surface area contributed by atoms with Gasteiger partial charge < -0.3 is 11.1 Å². The van der Waals surface area contributed by atoms with Crippen LogP contribution in [0.15, 0.2) is 40.9 Å². The number of rotatable bonds is 3. The van der Waals surface area contributed by atoms with Gasteiger partial charge in [0.05, 0.1) is 0 Å². The van der Waals surface area contributed by atoms with Gasteiger partial charge >= 0.3 is 0 Å². The van der Waals surface area contributed by atoms with E-state index in [0.717, 1.165) is 27.0 Å². The van der Waals surface area contributed by atoms with Crippen LogP contribution < -0.4 is 11.1 Å². The smallest absolute Gasteiger partial charge is 0.106 e. The minimum atomic E-state index is 0.319. The normalized spacial score (nSPS) is 10.3. The van der Waals surface area contributed by atoms with Crippen LogP contribution >= 0.6 is 39.7 Å². The second-order valence-corrected chi connectivity index (χ2v) is 5.93. The van der Waals surface area contributed by atoms with Crippen LogP contribution in [-0.4, -0.2) is 4.99 Å². The minimum Gasteiger partial charge on any atom is -0.389 e. The van der Waals surface area contributed by atoms with Crippen molar-refractivity contribution in [2.45, 2.75) is 6.92 Å². The topological polar surface area (TPSA) is 38.0 Å². The quantitative estimate of drug-likeness (QED) is 0.778. The molecular formula is C14H12BrClN2S. The zero-order valence-electron chi connectivity index (χ0n) is 10.2. The van der Waals surface area contributed by atoms with Crippen LogP contribution in [0, 0.1) is 6.92 Å². The van der Waals surface area contributed by atoms with E-state index in [4.69, 9.17) is 29.6 Å². The maximum Gasteiger partial charge on any atom is 0.106 e. The van der Waals surface area contributed by atoms with E-state index in [9.17, 15) is 0 Å². The molecule has 0 atom stereocenters.